The van der Waals surface area contributed by atoms with E-state index in [1.165, 1.54) is 25.7 Å². The summed E-state index contributed by atoms with van der Waals surface area (Å²) in [5, 5.41) is 3.38. The van der Waals surface area contributed by atoms with Crippen LogP contribution in [0.4, 0.5) is 5.95 Å². The maximum atomic E-state index is 5.31. The van der Waals surface area contributed by atoms with Crippen molar-refractivity contribution in [1.82, 2.24) is 9.55 Å². The number of aryl methyl sites for hydroxylation is 1. The number of hydrogen-bond acceptors (Lipinski definition) is 3. The molecule has 0 bridgehead atoms. The highest BCUT2D eigenvalue weighted by molar-refractivity contribution is 5.25. The van der Waals surface area contributed by atoms with Crippen LogP contribution in [0.5, 0.6) is 0 Å². The van der Waals surface area contributed by atoms with E-state index in [2.05, 4.69) is 21.1 Å². The second-order valence-electron chi connectivity index (χ2n) is 5.01. The van der Waals surface area contributed by atoms with Gasteiger partial charge in [0, 0.05) is 38.7 Å². The SMILES string of the molecule is CCOCCCNc1nccn1CCCC1CC1. The Bertz CT molecular complexity index is 334. The standard InChI is InChI=1S/C14H25N3O/c1-2-18-12-4-8-15-14-16-9-11-17(14)10-3-5-13-6-7-13/h9,11,13H,2-8,10,12H2,1H3,(H,15,16). The summed E-state index contributed by atoms with van der Waals surface area (Å²) in [5.41, 5.74) is 0. The Morgan fingerprint density at radius 2 is 2.33 bits per heavy atom. The normalized spacial score (nSPS) is 14.9. The summed E-state index contributed by atoms with van der Waals surface area (Å²) in [6.45, 7) is 5.67. The van der Waals surface area contributed by atoms with E-state index in [4.69, 9.17) is 4.74 Å². The van der Waals surface area contributed by atoms with Gasteiger partial charge in [0.15, 0.2) is 0 Å². The van der Waals surface area contributed by atoms with E-state index < -0.39 is 0 Å². The Morgan fingerprint density at radius 3 is 3.11 bits per heavy atom. The summed E-state index contributed by atoms with van der Waals surface area (Å²) in [7, 11) is 0. The summed E-state index contributed by atoms with van der Waals surface area (Å²) in [6, 6.07) is 0. The highest BCUT2D eigenvalue weighted by Crippen LogP contribution is 2.33. The first kappa shape index (κ1) is 13.4. The van der Waals surface area contributed by atoms with Gasteiger partial charge in [-0.1, -0.05) is 12.8 Å². The van der Waals surface area contributed by atoms with Crippen molar-refractivity contribution in [2.75, 3.05) is 25.1 Å². The molecule has 4 heteroatoms. The van der Waals surface area contributed by atoms with Gasteiger partial charge >= 0.3 is 0 Å². The molecule has 1 aliphatic rings. The number of ether oxygens (including phenoxy) is 1. The minimum Gasteiger partial charge on any atom is -0.382 e. The van der Waals surface area contributed by atoms with Gasteiger partial charge in [-0.15, -0.1) is 0 Å². The number of aromatic nitrogens is 2. The predicted octanol–water partition coefficient (Wildman–Crippen LogP) is 2.91. The number of imidazole rings is 1. The lowest BCUT2D eigenvalue weighted by atomic mass is 10.2. The predicted molar refractivity (Wildman–Crippen MR) is 73.8 cm³/mol. The van der Waals surface area contributed by atoms with Crippen LogP contribution in [-0.2, 0) is 11.3 Å². The Balaban J connectivity index is 1.62. The zero-order chi connectivity index (χ0) is 12.6. The summed E-state index contributed by atoms with van der Waals surface area (Å²) in [5.74, 6) is 2.03. The van der Waals surface area contributed by atoms with Crippen molar-refractivity contribution >= 4 is 5.95 Å². The molecule has 2 rings (SSSR count). The summed E-state index contributed by atoms with van der Waals surface area (Å²) in [4.78, 5) is 4.36. The van der Waals surface area contributed by atoms with E-state index in [1.54, 1.807) is 0 Å². The number of hydrogen-bond donors (Lipinski definition) is 1. The van der Waals surface area contributed by atoms with Crippen LogP contribution in [0.25, 0.3) is 0 Å². The molecule has 1 N–H and O–H groups in total. The third-order valence-electron chi connectivity index (χ3n) is 3.38. The lowest BCUT2D eigenvalue weighted by molar-refractivity contribution is 0.147. The molecule has 1 aromatic heterocycles. The van der Waals surface area contributed by atoms with Gasteiger partial charge in [0.25, 0.3) is 0 Å². The van der Waals surface area contributed by atoms with Crippen molar-refractivity contribution < 1.29 is 4.74 Å². The van der Waals surface area contributed by atoms with Crippen LogP contribution in [0.1, 0.15) is 39.0 Å². The molecule has 0 amide bonds. The number of nitrogens with zero attached hydrogens (tertiary/aromatic N) is 2. The molecule has 0 aromatic carbocycles. The molecule has 1 fully saturated rings. The first-order valence-electron chi connectivity index (χ1n) is 7.23. The van der Waals surface area contributed by atoms with E-state index in [0.717, 1.165) is 44.6 Å². The topological polar surface area (TPSA) is 39.1 Å². The molecule has 1 aromatic rings. The van der Waals surface area contributed by atoms with E-state index >= 15 is 0 Å². The van der Waals surface area contributed by atoms with Gasteiger partial charge in [0.05, 0.1) is 0 Å². The molecule has 0 spiro atoms. The van der Waals surface area contributed by atoms with E-state index in [0.29, 0.717) is 0 Å². The molecule has 0 saturated heterocycles. The molecule has 0 radical (unpaired) electrons. The fraction of sp³-hybridized carbons (Fsp3) is 0.786. The highest BCUT2D eigenvalue weighted by atomic mass is 16.5. The van der Waals surface area contributed by atoms with Crippen molar-refractivity contribution in [2.45, 2.75) is 45.6 Å². The summed E-state index contributed by atoms with van der Waals surface area (Å²) < 4.78 is 7.54. The van der Waals surface area contributed by atoms with E-state index in [-0.39, 0.29) is 0 Å². The molecular formula is C14H25N3O. The van der Waals surface area contributed by atoms with Crippen LogP contribution in [0.15, 0.2) is 12.4 Å². The monoisotopic (exact) mass is 251 g/mol. The zero-order valence-electron chi connectivity index (χ0n) is 11.4. The van der Waals surface area contributed by atoms with Crippen LogP contribution in [0.3, 0.4) is 0 Å². The summed E-state index contributed by atoms with van der Waals surface area (Å²) >= 11 is 0. The molecule has 0 unspecified atom stereocenters. The molecule has 102 valence electrons. The largest absolute Gasteiger partial charge is 0.382 e. The third kappa shape index (κ3) is 4.69. The highest BCUT2D eigenvalue weighted by Gasteiger charge is 2.20. The fourth-order valence-electron chi connectivity index (χ4n) is 2.13. The molecule has 0 aliphatic heterocycles. The van der Waals surface area contributed by atoms with Gasteiger partial charge < -0.3 is 14.6 Å². The maximum absolute atomic E-state index is 5.31. The zero-order valence-corrected chi connectivity index (χ0v) is 11.4. The Labute approximate surface area is 110 Å². The smallest absolute Gasteiger partial charge is 0.202 e. The van der Waals surface area contributed by atoms with Crippen molar-refractivity contribution in [2.24, 2.45) is 5.92 Å². The van der Waals surface area contributed by atoms with Crippen molar-refractivity contribution in [3.05, 3.63) is 12.4 Å². The van der Waals surface area contributed by atoms with Crippen molar-refractivity contribution in [1.29, 1.82) is 0 Å². The van der Waals surface area contributed by atoms with Gasteiger partial charge in [-0.2, -0.15) is 0 Å². The van der Waals surface area contributed by atoms with Gasteiger partial charge in [0.2, 0.25) is 5.95 Å². The maximum Gasteiger partial charge on any atom is 0.202 e. The van der Waals surface area contributed by atoms with Gasteiger partial charge in [-0.3, -0.25) is 0 Å². The van der Waals surface area contributed by atoms with Crippen molar-refractivity contribution in [3.63, 3.8) is 0 Å². The van der Waals surface area contributed by atoms with Crippen LogP contribution < -0.4 is 5.32 Å². The Morgan fingerprint density at radius 1 is 1.44 bits per heavy atom. The first-order valence-corrected chi connectivity index (χ1v) is 7.23. The Kier molecular flexibility index (Phi) is 5.52. The third-order valence-corrected chi connectivity index (χ3v) is 3.38. The second kappa shape index (κ2) is 7.41. The average Bonchev–Trinajstić information content (AvgIpc) is 3.09. The average molecular weight is 251 g/mol. The number of nitrogens with one attached hydrogen (secondary N) is 1. The van der Waals surface area contributed by atoms with Crippen LogP contribution >= 0.6 is 0 Å². The van der Waals surface area contributed by atoms with Crippen LogP contribution in [0.2, 0.25) is 0 Å². The summed E-state index contributed by atoms with van der Waals surface area (Å²) in [6.07, 6.45) is 10.5. The first-order chi connectivity index (χ1) is 8.90. The van der Waals surface area contributed by atoms with E-state index in [1.807, 2.05) is 13.1 Å². The van der Waals surface area contributed by atoms with Crippen molar-refractivity contribution in [3.8, 4) is 0 Å². The Hall–Kier alpha value is -1.03. The molecule has 18 heavy (non-hydrogen) atoms. The molecule has 1 saturated carbocycles. The van der Waals surface area contributed by atoms with Crippen LogP contribution in [0, 0.1) is 5.92 Å². The minimum atomic E-state index is 0.801. The minimum absolute atomic E-state index is 0.801. The molecule has 1 aliphatic carbocycles. The number of anilines is 1. The molecular weight excluding hydrogens is 226 g/mol. The lowest BCUT2D eigenvalue weighted by Crippen LogP contribution is -2.10. The number of rotatable bonds is 10. The molecule has 4 nitrogen and oxygen atoms in total. The van der Waals surface area contributed by atoms with Gasteiger partial charge in [-0.25, -0.2) is 4.98 Å². The quantitative estimate of drug-likeness (QED) is 0.650. The van der Waals surface area contributed by atoms with Crippen LogP contribution in [-0.4, -0.2) is 29.3 Å². The lowest BCUT2D eigenvalue weighted by Gasteiger charge is -2.09. The fourth-order valence-corrected chi connectivity index (χ4v) is 2.13. The molecule has 1 heterocycles. The van der Waals surface area contributed by atoms with Gasteiger partial charge in [-0.05, 0) is 32.1 Å². The van der Waals surface area contributed by atoms with Gasteiger partial charge in [0.1, 0.15) is 0 Å². The molecule has 0 atom stereocenters. The second-order valence-corrected chi connectivity index (χ2v) is 5.01. The van der Waals surface area contributed by atoms with E-state index in [9.17, 15) is 0 Å².